The number of amides is 1. The fourth-order valence-electron chi connectivity index (χ4n) is 2.45. The first-order valence-corrected chi connectivity index (χ1v) is 6.93. The largest absolute Gasteiger partial charge is 0.342 e. The van der Waals surface area contributed by atoms with E-state index in [2.05, 4.69) is 17.0 Å². The highest BCUT2D eigenvalue weighted by molar-refractivity contribution is 5.78. The molecule has 0 radical (unpaired) electrons. The van der Waals surface area contributed by atoms with E-state index < -0.39 is 0 Å². The molecule has 1 saturated heterocycles. The summed E-state index contributed by atoms with van der Waals surface area (Å²) in [4.78, 5) is 16.0. The van der Waals surface area contributed by atoms with Crippen LogP contribution in [0.2, 0.25) is 0 Å². The minimum absolute atomic E-state index is 0.249. The van der Waals surface area contributed by atoms with Gasteiger partial charge in [0.1, 0.15) is 0 Å². The van der Waals surface area contributed by atoms with Gasteiger partial charge in [-0.1, -0.05) is 24.3 Å². The van der Waals surface area contributed by atoms with Gasteiger partial charge in [0.2, 0.25) is 5.91 Å². The third-order valence-electron chi connectivity index (χ3n) is 3.58. The Morgan fingerprint density at radius 2 is 1.79 bits per heavy atom. The number of nitrogens with two attached hydrogens (primary N) is 1. The van der Waals surface area contributed by atoms with Crippen LogP contribution in [0, 0.1) is 0 Å². The molecule has 4 heteroatoms. The van der Waals surface area contributed by atoms with Gasteiger partial charge in [-0.25, -0.2) is 0 Å². The molecule has 0 atom stereocenters. The van der Waals surface area contributed by atoms with Crippen molar-refractivity contribution in [2.75, 3.05) is 26.7 Å². The summed E-state index contributed by atoms with van der Waals surface area (Å²) >= 11 is 0. The number of rotatable bonds is 5. The molecule has 1 heterocycles. The highest BCUT2D eigenvalue weighted by Crippen LogP contribution is 2.09. The summed E-state index contributed by atoms with van der Waals surface area (Å²) in [7, 11) is 1.99. The van der Waals surface area contributed by atoms with E-state index in [1.165, 1.54) is 5.56 Å². The molecular weight excluding hydrogens is 238 g/mol. The highest BCUT2D eigenvalue weighted by atomic mass is 16.2. The molecule has 0 aromatic heterocycles. The van der Waals surface area contributed by atoms with Crippen molar-refractivity contribution in [2.24, 2.45) is 5.73 Å². The first kappa shape index (κ1) is 14.0. The molecule has 1 aromatic carbocycles. The van der Waals surface area contributed by atoms with E-state index in [1.54, 1.807) is 0 Å². The number of nitrogens with zero attached hydrogens (tertiary/aromatic N) is 2. The fraction of sp³-hybridized carbons (Fsp3) is 0.533. The van der Waals surface area contributed by atoms with Crippen LogP contribution in [0.3, 0.4) is 0 Å². The smallest absolute Gasteiger partial charge is 0.236 e. The molecule has 1 aromatic rings. The van der Waals surface area contributed by atoms with Gasteiger partial charge in [0.25, 0.3) is 0 Å². The topological polar surface area (TPSA) is 49.6 Å². The van der Waals surface area contributed by atoms with Crippen molar-refractivity contribution in [3.05, 3.63) is 35.4 Å². The van der Waals surface area contributed by atoms with E-state index in [4.69, 9.17) is 5.73 Å². The van der Waals surface area contributed by atoms with Crippen LogP contribution in [0.4, 0.5) is 0 Å². The highest BCUT2D eigenvalue weighted by Gasteiger charge is 2.18. The maximum absolute atomic E-state index is 12.0. The number of likely N-dealkylation sites (tertiary alicyclic amines) is 1. The van der Waals surface area contributed by atoms with Gasteiger partial charge < -0.3 is 10.6 Å². The maximum atomic E-state index is 12.0. The van der Waals surface area contributed by atoms with Crippen LogP contribution < -0.4 is 5.73 Å². The summed E-state index contributed by atoms with van der Waals surface area (Å²) in [5.41, 5.74) is 7.93. The van der Waals surface area contributed by atoms with Gasteiger partial charge in [-0.2, -0.15) is 0 Å². The predicted molar refractivity (Wildman–Crippen MR) is 76.5 cm³/mol. The molecule has 104 valence electrons. The van der Waals surface area contributed by atoms with E-state index in [9.17, 15) is 4.79 Å². The van der Waals surface area contributed by atoms with Crippen molar-refractivity contribution in [2.45, 2.75) is 25.9 Å². The molecule has 19 heavy (non-hydrogen) atoms. The molecule has 2 rings (SSSR count). The van der Waals surface area contributed by atoms with Crippen molar-refractivity contribution >= 4 is 5.91 Å². The summed E-state index contributed by atoms with van der Waals surface area (Å²) < 4.78 is 0. The first-order chi connectivity index (χ1) is 9.19. The molecule has 2 N–H and O–H groups in total. The number of likely N-dealkylation sites (N-methyl/N-ethyl adjacent to an activating group) is 1. The molecular formula is C15H23N3O. The van der Waals surface area contributed by atoms with Crippen LogP contribution in [0.1, 0.15) is 24.0 Å². The fourth-order valence-corrected chi connectivity index (χ4v) is 2.45. The van der Waals surface area contributed by atoms with Gasteiger partial charge in [-0.3, -0.25) is 9.69 Å². The van der Waals surface area contributed by atoms with Gasteiger partial charge in [0, 0.05) is 26.2 Å². The van der Waals surface area contributed by atoms with Crippen LogP contribution in [0.15, 0.2) is 24.3 Å². The summed E-state index contributed by atoms with van der Waals surface area (Å²) in [6, 6.07) is 8.26. The average molecular weight is 261 g/mol. The normalized spacial score (nSPS) is 15.2. The molecule has 4 nitrogen and oxygen atoms in total. The van der Waals surface area contributed by atoms with Crippen molar-refractivity contribution in [3.8, 4) is 0 Å². The Bertz CT molecular complexity index is 410. The van der Waals surface area contributed by atoms with E-state index in [-0.39, 0.29) is 5.91 Å². The molecule has 0 bridgehead atoms. The van der Waals surface area contributed by atoms with Crippen LogP contribution in [0.25, 0.3) is 0 Å². The van der Waals surface area contributed by atoms with E-state index >= 15 is 0 Å². The summed E-state index contributed by atoms with van der Waals surface area (Å²) in [5, 5.41) is 0. The Kier molecular flexibility index (Phi) is 4.93. The molecule has 0 spiro atoms. The third-order valence-corrected chi connectivity index (χ3v) is 3.58. The van der Waals surface area contributed by atoms with Crippen molar-refractivity contribution in [3.63, 3.8) is 0 Å². The zero-order chi connectivity index (χ0) is 13.7. The van der Waals surface area contributed by atoms with Gasteiger partial charge in [0.05, 0.1) is 6.54 Å². The number of hydrogen-bond acceptors (Lipinski definition) is 3. The zero-order valence-electron chi connectivity index (χ0n) is 11.6. The second-order valence-electron chi connectivity index (χ2n) is 5.28. The van der Waals surface area contributed by atoms with E-state index in [0.29, 0.717) is 13.1 Å². The van der Waals surface area contributed by atoms with Crippen LogP contribution in [0.5, 0.6) is 0 Å². The molecule has 1 fully saturated rings. The van der Waals surface area contributed by atoms with Gasteiger partial charge >= 0.3 is 0 Å². The van der Waals surface area contributed by atoms with Crippen molar-refractivity contribution in [1.29, 1.82) is 0 Å². The third kappa shape index (κ3) is 4.04. The quantitative estimate of drug-likeness (QED) is 0.866. The Balaban J connectivity index is 1.82. The van der Waals surface area contributed by atoms with Gasteiger partial charge in [-0.05, 0) is 31.0 Å². The average Bonchev–Trinajstić information content (AvgIpc) is 2.93. The Morgan fingerprint density at radius 3 is 2.37 bits per heavy atom. The minimum atomic E-state index is 0.249. The molecule has 1 aliphatic rings. The van der Waals surface area contributed by atoms with Crippen molar-refractivity contribution < 1.29 is 4.79 Å². The summed E-state index contributed by atoms with van der Waals surface area (Å²) in [5.74, 6) is 0.249. The van der Waals surface area contributed by atoms with E-state index in [0.717, 1.165) is 38.0 Å². The van der Waals surface area contributed by atoms with Gasteiger partial charge in [-0.15, -0.1) is 0 Å². The lowest BCUT2D eigenvalue weighted by Gasteiger charge is -2.21. The van der Waals surface area contributed by atoms with Crippen LogP contribution in [-0.4, -0.2) is 42.4 Å². The van der Waals surface area contributed by atoms with Crippen LogP contribution >= 0.6 is 0 Å². The number of benzene rings is 1. The number of hydrogen-bond donors (Lipinski definition) is 1. The lowest BCUT2D eigenvalue weighted by atomic mass is 10.1. The predicted octanol–water partition coefficient (Wildman–Crippen LogP) is 1.20. The van der Waals surface area contributed by atoms with Gasteiger partial charge in [0.15, 0.2) is 0 Å². The molecule has 0 aliphatic carbocycles. The van der Waals surface area contributed by atoms with E-state index in [1.807, 2.05) is 24.1 Å². The monoisotopic (exact) mass is 261 g/mol. The Labute approximate surface area is 115 Å². The molecule has 1 amide bonds. The van der Waals surface area contributed by atoms with Crippen LogP contribution in [-0.2, 0) is 17.9 Å². The molecule has 0 saturated carbocycles. The summed E-state index contributed by atoms with van der Waals surface area (Å²) in [6.07, 6.45) is 2.30. The Morgan fingerprint density at radius 1 is 1.21 bits per heavy atom. The molecule has 1 aliphatic heterocycles. The van der Waals surface area contributed by atoms with Crippen molar-refractivity contribution in [1.82, 2.24) is 9.80 Å². The standard InChI is InChI=1S/C15H23N3O/c1-17(12-15(19)18-8-2-3-9-18)11-14-6-4-13(10-16)5-7-14/h4-7H,2-3,8-12,16H2,1H3. The SMILES string of the molecule is CN(CC(=O)N1CCCC1)Cc1ccc(CN)cc1. The maximum Gasteiger partial charge on any atom is 0.236 e. The lowest BCUT2D eigenvalue weighted by Crippen LogP contribution is -2.36. The second-order valence-corrected chi connectivity index (χ2v) is 5.28. The summed E-state index contributed by atoms with van der Waals surface area (Å²) in [6.45, 7) is 3.72. The number of carbonyl (C=O) groups is 1. The first-order valence-electron chi connectivity index (χ1n) is 6.93. The minimum Gasteiger partial charge on any atom is -0.342 e. The Hall–Kier alpha value is -1.39. The molecule has 0 unspecified atom stereocenters. The lowest BCUT2D eigenvalue weighted by molar-refractivity contribution is -0.131. The number of carbonyl (C=O) groups excluding carboxylic acids is 1. The second kappa shape index (κ2) is 6.68. The zero-order valence-corrected chi connectivity index (χ0v) is 11.6.